The predicted octanol–water partition coefficient (Wildman–Crippen LogP) is 3.54. The zero-order valence-corrected chi connectivity index (χ0v) is 10.3. The van der Waals surface area contributed by atoms with Crippen molar-refractivity contribution in [1.29, 1.82) is 5.26 Å². The first kappa shape index (κ1) is 13.1. The van der Waals surface area contributed by atoms with E-state index >= 15 is 0 Å². The molecule has 0 bridgehead atoms. The van der Waals surface area contributed by atoms with E-state index < -0.39 is 11.9 Å². The van der Waals surface area contributed by atoms with Gasteiger partial charge in [-0.3, -0.25) is 0 Å². The molecule has 1 atom stereocenters. The molecule has 0 aliphatic carbocycles. The Labute approximate surface area is 110 Å². The number of halogens is 1. The Balaban J connectivity index is 2.21. The number of nitrogens with zero attached hydrogens (tertiary/aromatic N) is 1. The molecule has 3 nitrogen and oxygen atoms in total. The Bertz CT molecular complexity index is 615. The fourth-order valence-corrected chi connectivity index (χ4v) is 1.58. The molecule has 0 aliphatic heterocycles. The highest BCUT2D eigenvalue weighted by Crippen LogP contribution is 2.27. The minimum Gasteiger partial charge on any atom is -0.454 e. The number of aliphatic hydroxyl groups is 1. The van der Waals surface area contributed by atoms with Crippen molar-refractivity contribution in [3.05, 3.63) is 59.4 Å². The van der Waals surface area contributed by atoms with Gasteiger partial charge in [0.2, 0.25) is 0 Å². The SMILES string of the molecule is CC(O)c1ccc(Oc2ccc(C#N)cc2)c(F)c1. The molecule has 96 valence electrons. The second-order valence-corrected chi connectivity index (χ2v) is 4.10. The van der Waals surface area contributed by atoms with Crippen molar-refractivity contribution in [3.8, 4) is 17.6 Å². The topological polar surface area (TPSA) is 53.2 Å². The van der Waals surface area contributed by atoms with E-state index in [0.717, 1.165) is 0 Å². The summed E-state index contributed by atoms with van der Waals surface area (Å²) in [5, 5.41) is 18.0. The number of rotatable bonds is 3. The van der Waals surface area contributed by atoms with Gasteiger partial charge in [-0.2, -0.15) is 5.26 Å². The van der Waals surface area contributed by atoms with E-state index in [1.165, 1.54) is 12.1 Å². The Hall–Kier alpha value is -2.38. The molecule has 0 heterocycles. The van der Waals surface area contributed by atoms with Crippen molar-refractivity contribution >= 4 is 0 Å². The van der Waals surface area contributed by atoms with Crippen LogP contribution in [0.15, 0.2) is 42.5 Å². The van der Waals surface area contributed by atoms with Gasteiger partial charge in [-0.25, -0.2) is 4.39 Å². The van der Waals surface area contributed by atoms with E-state index in [-0.39, 0.29) is 5.75 Å². The van der Waals surface area contributed by atoms with E-state index in [1.807, 2.05) is 6.07 Å². The van der Waals surface area contributed by atoms with Crippen LogP contribution in [0.3, 0.4) is 0 Å². The molecule has 2 aromatic rings. The molecule has 4 heteroatoms. The summed E-state index contributed by atoms with van der Waals surface area (Å²) < 4.78 is 19.1. The van der Waals surface area contributed by atoms with Crippen LogP contribution in [-0.2, 0) is 0 Å². The van der Waals surface area contributed by atoms with Crippen LogP contribution >= 0.6 is 0 Å². The van der Waals surface area contributed by atoms with Gasteiger partial charge in [0.25, 0.3) is 0 Å². The van der Waals surface area contributed by atoms with E-state index in [1.54, 1.807) is 37.3 Å². The maximum absolute atomic E-state index is 13.8. The summed E-state index contributed by atoms with van der Waals surface area (Å²) >= 11 is 0. The number of ether oxygens (including phenoxy) is 1. The van der Waals surface area contributed by atoms with Gasteiger partial charge in [0.1, 0.15) is 5.75 Å². The van der Waals surface area contributed by atoms with Gasteiger partial charge in [0, 0.05) is 0 Å². The number of nitriles is 1. The van der Waals surface area contributed by atoms with Gasteiger partial charge in [0.15, 0.2) is 11.6 Å². The highest BCUT2D eigenvalue weighted by atomic mass is 19.1. The average molecular weight is 257 g/mol. The minimum absolute atomic E-state index is 0.0779. The van der Waals surface area contributed by atoms with Crippen LogP contribution in [0.25, 0.3) is 0 Å². The summed E-state index contributed by atoms with van der Waals surface area (Å²) in [7, 11) is 0. The lowest BCUT2D eigenvalue weighted by molar-refractivity contribution is 0.198. The molecule has 2 rings (SSSR count). The molecular weight excluding hydrogens is 245 g/mol. The molecule has 19 heavy (non-hydrogen) atoms. The average Bonchev–Trinajstić information content (AvgIpc) is 2.41. The Morgan fingerprint density at radius 1 is 1.21 bits per heavy atom. The molecule has 0 saturated heterocycles. The van der Waals surface area contributed by atoms with Crippen LogP contribution < -0.4 is 4.74 Å². The summed E-state index contributed by atoms with van der Waals surface area (Å²) in [4.78, 5) is 0. The van der Waals surface area contributed by atoms with Gasteiger partial charge >= 0.3 is 0 Å². The second kappa shape index (κ2) is 5.51. The molecule has 2 aromatic carbocycles. The molecule has 1 unspecified atom stereocenters. The summed E-state index contributed by atoms with van der Waals surface area (Å²) in [5.74, 6) is -0.0143. The zero-order chi connectivity index (χ0) is 13.8. The third kappa shape index (κ3) is 3.09. The zero-order valence-electron chi connectivity index (χ0n) is 10.3. The van der Waals surface area contributed by atoms with Crippen LogP contribution in [0.5, 0.6) is 11.5 Å². The van der Waals surface area contributed by atoms with Crippen LogP contribution in [0, 0.1) is 17.1 Å². The summed E-state index contributed by atoms with van der Waals surface area (Å²) in [6.07, 6.45) is -0.724. The maximum atomic E-state index is 13.8. The van der Waals surface area contributed by atoms with Crippen molar-refractivity contribution in [1.82, 2.24) is 0 Å². The lowest BCUT2D eigenvalue weighted by Gasteiger charge is -2.09. The first-order valence-electron chi connectivity index (χ1n) is 5.75. The van der Waals surface area contributed by atoms with Crippen molar-refractivity contribution in [2.75, 3.05) is 0 Å². The molecule has 0 fully saturated rings. The number of aliphatic hydroxyl groups excluding tert-OH is 1. The monoisotopic (exact) mass is 257 g/mol. The first-order valence-corrected chi connectivity index (χ1v) is 5.75. The molecule has 0 saturated carbocycles. The molecule has 0 amide bonds. The summed E-state index contributed by atoms with van der Waals surface area (Å²) in [5.41, 5.74) is 1.00. The summed E-state index contributed by atoms with van der Waals surface area (Å²) in [6.45, 7) is 1.57. The molecule has 0 aromatic heterocycles. The van der Waals surface area contributed by atoms with Gasteiger partial charge in [0.05, 0.1) is 17.7 Å². The van der Waals surface area contributed by atoms with Crippen LogP contribution in [-0.4, -0.2) is 5.11 Å². The Kier molecular flexibility index (Phi) is 3.79. The molecular formula is C15H12FNO2. The minimum atomic E-state index is -0.724. The van der Waals surface area contributed by atoms with E-state index in [4.69, 9.17) is 10.00 Å². The second-order valence-electron chi connectivity index (χ2n) is 4.10. The molecule has 0 aliphatic rings. The summed E-state index contributed by atoms with van der Waals surface area (Å²) in [6, 6.07) is 12.7. The molecule has 0 spiro atoms. The maximum Gasteiger partial charge on any atom is 0.166 e. The lowest BCUT2D eigenvalue weighted by Crippen LogP contribution is -1.94. The number of hydrogen-bond acceptors (Lipinski definition) is 3. The standard InChI is InChI=1S/C15H12FNO2/c1-10(18)12-4-7-15(14(16)8-12)19-13-5-2-11(9-17)3-6-13/h2-8,10,18H,1H3. The van der Waals surface area contributed by atoms with Gasteiger partial charge < -0.3 is 9.84 Å². The highest BCUT2D eigenvalue weighted by molar-refractivity contribution is 5.38. The smallest absolute Gasteiger partial charge is 0.166 e. The van der Waals surface area contributed by atoms with Crippen LogP contribution in [0.4, 0.5) is 4.39 Å². The Morgan fingerprint density at radius 3 is 2.42 bits per heavy atom. The number of hydrogen-bond donors (Lipinski definition) is 1. The predicted molar refractivity (Wildman–Crippen MR) is 68.3 cm³/mol. The molecule has 1 N–H and O–H groups in total. The highest BCUT2D eigenvalue weighted by Gasteiger charge is 2.08. The van der Waals surface area contributed by atoms with Crippen molar-refractivity contribution < 1.29 is 14.2 Å². The van der Waals surface area contributed by atoms with E-state index in [2.05, 4.69) is 0 Å². The number of benzene rings is 2. The van der Waals surface area contributed by atoms with E-state index in [0.29, 0.717) is 16.9 Å². The van der Waals surface area contributed by atoms with Crippen molar-refractivity contribution in [2.24, 2.45) is 0 Å². The van der Waals surface area contributed by atoms with E-state index in [9.17, 15) is 9.50 Å². The third-order valence-electron chi connectivity index (χ3n) is 2.65. The van der Waals surface area contributed by atoms with Crippen LogP contribution in [0.2, 0.25) is 0 Å². The normalized spacial score (nSPS) is 11.7. The Morgan fingerprint density at radius 2 is 1.89 bits per heavy atom. The third-order valence-corrected chi connectivity index (χ3v) is 2.65. The van der Waals surface area contributed by atoms with Crippen molar-refractivity contribution in [3.63, 3.8) is 0 Å². The fraction of sp³-hybridized carbons (Fsp3) is 0.133. The quantitative estimate of drug-likeness (QED) is 0.914. The van der Waals surface area contributed by atoms with Gasteiger partial charge in [-0.05, 0) is 48.9 Å². The van der Waals surface area contributed by atoms with Gasteiger partial charge in [-0.1, -0.05) is 6.07 Å². The lowest BCUT2D eigenvalue weighted by atomic mass is 10.1. The van der Waals surface area contributed by atoms with Crippen LogP contribution in [0.1, 0.15) is 24.2 Å². The largest absolute Gasteiger partial charge is 0.454 e. The van der Waals surface area contributed by atoms with Crippen molar-refractivity contribution in [2.45, 2.75) is 13.0 Å². The first-order chi connectivity index (χ1) is 9.10. The fourth-order valence-electron chi connectivity index (χ4n) is 1.58. The molecule has 0 radical (unpaired) electrons. The van der Waals surface area contributed by atoms with Gasteiger partial charge in [-0.15, -0.1) is 0 Å².